The Bertz CT molecular complexity index is 583. The largest absolute Gasteiger partial charge is 0.429 e. The topological polar surface area (TPSA) is 87.0 Å². The number of carbonyl (C=O) groups excluding carboxylic acids is 1. The van der Waals surface area contributed by atoms with Crippen molar-refractivity contribution in [1.82, 2.24) is 0 Å². The second-order valence-corrected chi connectivity index (χ2v) is 9.25. The quantitative estimate of drug-likeness (QED) is 0.680. The number of hydrogen-bond acceptors (Lipinski definition) is 5. The van der Waals surface area contributed by atoms with Gasteiger partial charge in [-0.2, -0.15) is 0 Å². The summed E-state index contributed by atoms with van der Waals surface area (Å²) in [6, 6.07) is 0. The molecule has 0 aromatic rings. The van der Waals surface area contributed by atoms with E-state index < -0.39 is 29.4 Å². The van der Waals surface area contributed by atoms with Gasteiger partial charge in [0.1, 0.15) is 0 Å². The van der Waals surface area contributed by atoms with E-state index in [0.29, 0.717) is 30.8 Å². The van der Waals surface area contributed by atoms with Crippen LogP contribution in [-0.4, -0.2) is 39.3 Å². The van der Waals surface area contributed by atoms with E-state index in [2.05, 4.69) is 13.8 Å². The van der Waals surface area contributed by atoms with Crippen LogP contribution in [0.25, 0.3) is 0 Å². The third kappa shape index (κ3) is 2.75. The molecule has 1 aliphatic heterocycles. The summed E-state index contributed by atoms with van der Waals surface area (Å²) in [6.07, 6.45) is 4.28. The number of hydrogen-bond donors (Lipinski definition) is 3. The van der Waals surface area contributed by atoms with Gasteiger partial charge in [-0.1, -0.05) is 27.7 Å². The summed E-state index contributed by atoms with van der Waals surface area (Å²) in [5.41, 5.74) is -0.914. The second-order valence-electron chi connectivity index (χ2n) is 9.25. The van der Waals surface area contributed by atoms with E-state index in [4.69, 9.17) is 4.74 Å². The van der Waals surface area contributed by atoms with E-state index in [9.17, 15) is 20.1 Å². The lowest BCUT2D eigenvalue weighted by atomic mass is 9.45. The molecule has 25 heavy (non-hydrogen) atoms. The maximum atomic E-state index is 11.6. The SMILES string of the molecule is C[C@@H]1CC[C@@]2(O)[C@H](CC[C@H](O)C2(C)C)[C@@]1(C)CCC1=CC(=O)O[C@@H]1O. The average molecular weight is 352 g/mol. The molecule has 2 fully saturated rings. The number of esters is 1. The fourth-order valence-electron chi connectivity index (χ4n) is 5.62. The molecule has 0 aromatic carbocycles. The Labute approximate surface area is 150 Å². The number of carbonyl (C=O) groups is 1. The summed E-state index contributed by atoms with van der Waals surface area (Å²) in [6.45, 7) is 8.43. The minimum absolute atomic E-state index is 0.0953. The molecule has 0 aromatic heterocycles. The highest BCUT2D eigenvalue weighted by atomic mass is 16.6. The minimum atomic E-state index is -1.13. The highest BCUT2D eigenvalue weighted by Gasteiger charge is 2.63. The molecule has 0 saturated heterocycles. The molecule has 6 atom stereocenters. The van der Waals surface area contributed by atoms with Crippen molar-refractivity contribution >= 4 is 5.97 Å². The highest BCUT2D eigenvalue weighted by molar-refractivity contribution is 5.85. The molecule has 5 heteroatoms. The van der Waals surface area contributed by atoms with Crippen LogP contribution in [0.1, 0.15) is 66.2 Å². The zero-order valence-electron chi connectivity index (χ0n) is 15.8. The van der Waals surface area contributed by atoms with Crippen LogP contribution in [0, 0.1) is 22.7 Å². The van der Waals surface area contributed by atoms with Gasteiger partial charge in [-0.15, -0.1) is 0 Å². The van der Waals surface area contributed by atoms with Crippen LogP contribution < -0.4 is 0 Å². The molecule has 2 saturated carbocycles. The molecule has 0 bridgehead atoms. The van der Waals surface area contributed by atoms with E-state index >= 15 is 0 Å². The van der Waals surface area contributed by atoms with Crippen LogP contribution >= 0.6 is 0 Å². The zero-order chi connectivity index (χ0) is 18.6. The minimum Gasteiger partial charge on any atom is -0.429 e. The van der Waals surface area contributed by atoms with Crippen LogP contribution in [0.5, 0.6) is 0 Å². The lowest BCUT2D eigenvalue weighted by Crippen LogP contribution is -2.66. The molecule has 0 unspecified atom stereocenters. The molecular formula is C20H32O5. The van der Waals surface area contributed by atoms with Crippen LogP contribution in [0.3, 0.4) is 0 Å². The van der Waals surface area contributed by atoms with Gasteiger partial charge in [-0.3, -0.25) is 0 Å². The van der Waals surface area contributed by atoms with Crippen LogP contribution in [0.2, 0.25) is 0 Å². The van der Waals surface area contributed by atoms with E-state index in [1.54, 1.807) is 0 Å². The van der Waals surface area contributed by atoms with Gasteiger partial charge in [0.15, 0.2) is 0 Å². The molecule has 0 spiro atoms. The Kier molecular flexibility index (Phi) is 4.58. The summed E-state index contributed by atoms with van der Waals surface area (Å²) >= 11 is 0. The number of fused-ring (bicyclic) bond motifs is 1. The van der Waals surface area contributed by atoms with E-state index in [-0.39, 0.29) is 11.3 Å². The maximum Gasteiger partial charge on any atom is 0.333 e. The van der Waals surface area contributed by atoms with Gasteiger partial charge in [0.2, 0.25) is 6.29 Å². The summed E-state index contributed by atoms with van der Waals surface area (Å²) in [5.74, 6) is 0.0419. The Hall–Kier alpha value is -0.910. The highest BCUT2D eigenvalue weighted by Crippen LogP contribution is 2.62. The Morgan fingerprint density at radius 1 is 1.20 bits per heavy atom. The number of aliphatic hydroxyl groups excluding tert-OH is 2. The van der Waals surface area contributed by atoms with Crippen molar-refractivity contribution in [3.63, 3.8) is 0 Å². The predicted molar refractivity (Wildman–Crippen MR) is 93.4 cm³/mol. The monoisotopic (exact) mass is 352 g/mol. The lowest BCUT2D eigenvalue weighted by molar-refractivity contribution is -0.243. The smallest absolute Gasteiger partial charge is 0.333 e. The number of cyclic esters (lactones) is 1. The first-order valence-electron chi connectivity index (χ1n) is 9.52. The first-order valence-corrected chi connectivity index (χ1v) is 9.52. The number of rotatable bonds is 3. The number of aliphatic hydroxyl groups is 3. The third-order valence-corrected chi connectivity index (χ3v) is 7.93. The molecule has 0 amide bonds. The van der Waals surface area contributed by atoms with Crippen molar-refractivity contribution < 1.29 is 24.9 Å². The van der Waals surface area contributed by atoms with Gasteiger partial charge in [0, 0.05) is 17.1 Å². The van der Waals surface area contributed by atoms with Gasteiger partial charge >= 0.3 is 5.97 Å². The first-order chi connectivity index (χ1) is 11.5. The zero-order valence-corrected chi connectivity index (χ0v) is 15.8. The summed E-state index contributed by atoms with van der Waals surface area (Å²) in [7, 11) is 0. The van der Waals surface area contributed by atoms with Crippen molar-refractivity contribution in [2.75, 3.05) is 0 Å². The first kappa shape index (κ1) is 18.9. The van der Waals surface area contributed by atoms with Crippen molar-refractivity contribution in [2.24, 2.45) is 22.7 Å². The fourth-order valence-corrected chi connectivity index (χ4v) is 5.62. The molecule has 1 heterocycles. The van der Waals surface area contributed by atoms with Gasteiger partial charge in [0.25, 0.3) is 0 Å². The average Bonchev–Trinajstić information content (AvgIpc) is 2.85. The maximum absolute atomic E-state index is 11.6. The van der Waals surface area contributed by atoms with Crippen LogP contribution in [0.15, 0.2) is 11.6 Å². The van der Waals surface area contributed by atoms with Crippen molar-refractivity contribution in [3.05, 3.63) is 11.6 Å². The molecule has 3 N–H and O–H groups in total. The standard InChI is InChI=1S/C20H32O5/c1-12-7-10-20(24)14(5-6-15(21)18(20,2)3)19(12,4)9-8-13-11-16(22)25-17(13)23/h11-12,14-15,17,21,23-24H,5-10H2,1-4H3/t12-,14-,15+,17+,19+,20-/m1/s1. The summed E-state index contributed by atoms with van der Waals surface area (Å²) < 4.78 is 4.79. The molecule has 3 aliphatic rings. The Morgan fingerprint density at radius 2 is 1.88 bits per heavy atom. The summed E-state index contributed by atoms with van der Waals surface area (Å²) in [5, 5.41) is 32.0. The van der Waals surface area contributed by atoms with Gasteiger partial charge < -0.3 is 20.1 Å². The van der Waals surface area contributed by atoms with Crippen LogP contribution in [-0.2, 0) is 9.53 Å². The molecule has 0 radical (unpaired) electrons. The van der Waals surface area contributed by atoms with Crippen molar-refractivity contribution in [2.45, 2.75) is 84.2 Å². The second kappa shape index (κ2) is 6.07. The summed E-state index contributed by atoms with van der Waals surface area (Å²) in [4.78, 5) is 11.3. The molecule has 142 valence electrons. The lowest BCUT2D eigenvalue weighted by Gasteiger charge is -2.63. The van der Waals surface area contributed by atoms with Gasteiger partial charge in [-0.05, 0) is 55.8 Å². The van der Waals surface area contributed by atoms with E-state index in [1.165, 1.54) is 6.08 Å². The van der Waals surface area contributed by atoms with E-state index in [1.807, 2.05) is 13.8 Å². The Balaban J connectivity index is 1.86. The third-order valence-electron chi connectivity index (χ3n) is 7.93. The number of ether oxygens (including phenoxy) is 1. The molecule has 3 rings (SSSR count). The van der Waals surface area contributed by atoms with Gasteiger partial charge in [0.05, 0.1) is 11.7 Å². The molecule has 2 aliphatic carbocycles. The van der Waals surface area contributed by atoms with Crippen molar-refractivity contribution in [3.8, 4) is 0 Å². The fraction of sp³-hybridized carbons (Fsp3) is 0.850. The Morgan fingerprint density at radius 3 is 2.48 bits per heavy atom. The molecule has 5 nitrogen and oxygen atoms in total. The van der Waals surface area contributed by atoms with Crippen LogP contribution in [0.4, 0.5) is 0 Å². The predicted octanol–water partition coefficient (Wildman–Crippen LogP) is 2.53. The van der Waals surface area contributed by atoms with Crippen molar-refractivity contribution in [1.29, 1.82) is 0 Å². The molecular weight excluding hydrogens is 320 g/mol. The van der Waals surface area contributed by atoms with E-state index in [0.717, 1.165) is 19.3 Å². The van der Waals surface area contributed by atoms with Gasteiger partial charge in [-0.25, -0.2) is 4.79 Å². The normalized spacial score (nSPS) is 46.4.